The van der Waals surface area contributed by atoms with Gasteiger partial charge in [0.2, 0.25) is 5.91 Å². The van der Waals surface area contributed by atoms with Crippen molar-refractivity contribution in [2.24, 2.45) is 11.1 Å². The SMILES string of the molecule is CC1(C)CCN(C(=O)C(C)(N)c2ccc(Br)cc2)C1. The summed E-state index contributed by atoms with van der Waals surface area (Å²) in [5, 5.41) is 0. The molecule has 1 amide bonds. The highest BCUT2D eigenvalue weighted by Gasteiger charge is 2.39. The summed E-state index contributed by atoms with van der Waals surface area (Å²) in [4.78, 5) is 14.5. The summed E-state index contributed by atoms with van der Waals surface area (Å²) in [7, 11) is 0. The summed E-state index contributed by atoms with van der Waals surface area (Å²) in [6.07, 6.45) is 1.04. The standard InChI is InChI=1S/C15H21BrN2O/c1-14(2)8-9-18(10-14)13(19)15(3,17)11-4-6-12(16)7-5-11/h4-7H,8-10,17H2,1-3H3. The number of amides is 1. The van der Waals surface area contributed by atoms with E-state index in [9.17, 15) is 4.79 Å². The monoisotopic (exact) mass is 324 g/mol. The summed E-state index contributed by atoms with van der Waals surface area (Å²) in [6, 6.07) is 7.65. The highest BCUT2D eigenvalue weighted by atomic mass is 79.9. The minimum atomic E-state index is -0.957. The minimum absolute atomic E-state index is 0.0143. The molecule has 1 fully saturated rings. The number of hydrogen-bond donors (Lipinski definition) is 1. The number of likely N-dealkylation sites (tertiary alicyclic amines) is 1. The van der Waals surface area contributed by atoms with Crippen LogP contribution in [-0.2, 0) is 10.3 Å². The molecular weight excluding hydrogens is 304 g/mol. The predicted octanol–water partition coefficient (Wildman–Crippen LogP) is 2.88. The molecule has 1 unspecified atom stereocenters. The number of carbonyl (C=O) groups excluding carboxylic acids is 1. The molecule has 104 valence electrons. The molecule has 0 bridgehead atoms. The average molecular weight is 325 g/mol. The highest BCUT2D eigenvalue weighted by Crippen LogP contribution is 2.32. The fourth-order valence-electron chi connectivity index (χ4n) is 2.53. The maximum atomic E-state index is 12.6. The molecule has 1 atom stereocenters. The topological polar surface area (TPSA) is 46.3 Å². The Morgan fingerprint density at radius 2 is 1.95 bits per heavy atom. The summed E-state index contributed by atoms with van der Waals surface area (Å²) in [5.74, 6) is 0.0143. The van der Waals surface area contributed by atoms with Gasteiger partial charge in [-0.15, -0.1) is 0 Å². The first-order chi connectivity index (χ1) is 8.72. The zero-order valence-corrected chi connectivity index (χ0v) is 13.3. The molecule has 1 aromatic carbocycles. The van der Waals surface area contributed by atoms with Gasteiger partial charge in [-0.2, -0.15) is 0 Å². The van der Waals surface area contributed by atoms with Crippen LogP contribution in [-0.4, -0.2) is 23.9 Å². The molecule has 0 aromatic heterocycles. The molecule has 0 saturated carbocycles. The quantitative estimate of drug-likeness (QED) is 0.909. The van der Waals surface area contributed by atoms with Crippen LogP contribution < -0.4 is 5.73 Å². The van der Waals surface area contributed by atoms with Crippen molar-refractivity contribution < 1.29 is 4.79 Å². The van der Waals surface area contributed by atoms with E-state index in [1.807, 2.05) is 29.2 Å². The van der Waals surface area contributed by atoms with Crippen molar-refractivity contribution in [1.29, 1.82) is 0 Å². The first kappa shape index (κ1) is 14.5. The van der Waals surface area contributed by atoms with Crippen LogP contribution in [0.15, 0.2) is 28.7 Å². The molecule has 1 aliphatic heterocycles. The van der Waals surface area contributed by atoms with Gasteiger partial charge < -0.3 is 10.6 Å². The Kier molecular flexibility index (Phi) is 3.76. The lowest BCUT2D eigenvalue weighted by Crippen LogP contribution is -2.50. The molecule has 2 rings (SSSR count). The van der Waals surface area contributed by atoms with Crippen LogP contribution in [0.2, 0.25) is 0 Å². The Morgan fingerprint density at radius 3 is 2.42 bits per heavy atom. The zero-order chi connectivity index (χ0) is 14.3. The molecule has 3 nitrogen and oxygen atoms in total. The van der Waals surface area contributed by atoms with Crippen LogP contribution in [0.4, 0.5) is 0 Å². The average Bonchev–Trinajstić information content (AvgIpc) is 2.69. The van der Waals surface area contributed by atoms with Crippen molar-refractivity contribution in [2.75, 3.05) is 13.1 Å². The van der Waals surface area contributed by atoms with E-state index in [0.29, 0.717) is 0 Å². The highest BCUT2D eigenvalue weighted by molar-refractivity contribution is 9.10. The maximum Gasteiger partial charge on any atom is 0.246 e. The van der Waals surface area contributed by atoms with Crippen LogP contribution in [0.3, 0.4) is 0 Å². The fraction of sp³-hybridized carbons (Fsp3) is 0.533. The molecule has 0 spiro atoms. The van der Waals surface area contributed by atoms with Gasteiger partial charge in [-0.3, -0.25) is 4.79 Å². The second-order valence-corrected chi connectivity index (χ2v) is 7.27. The normalized spacial score (nSPS) is 21.2. The number of nitrogens with two attached hydrogens (primary N) is 1. The maximum absolute atomic E-state index is 12.6. The van der Waals surface area contributed by atoms with Crippen LogP contribution in [0.25, 0.3) is 0 Å². The van der Waals surface area contributed by atoms with E-state index in [2.05, 4.69) is 29.8 Å². The molecule has 0 radical (unpaired) electrons. The Balaban J connectivity index is 2.20. The van der Waals surface area contributed by atoms with Crippen molar-refractivity contribution in [1.82, 2.24) is 4.90 Å². The predicted molar refractivity (Wildman–Crippen MR) is 80.7 cm³/mol. The molecular formula is C15H21BrN2O. The summed E-state index contributed by atoms with van der Waals surface area (Å²) >= 11 is 3.39. The fourth-order valence-corrected chi connectivity index (χ4v) is 2.80. The van der Waals surface area contributed by atoms with Gasteiger partial charge in [0, 0.05) is 17.6 Å². The van der Waals surface area contributed by atoms with Crippen LogP contribution in [0, 0.1) is 5.41 Å². The third kappa shape index (κ3) is 3.00. The van der Waals surface area contributed by atoms with Gasteiger partial charge in [-0.25, -0.2) is 0 Å². The third-order valence-electron chi connectivity index (χ3n) is 3.85. The second-order valence-electron chi connectivity index (χ2n) is 6.35. The van der Waals surface area contributed by atoms with E-state index in [1.165, 1.54) is 0 Å². The van der Waals surface area contributed by atoms with E-state index in [1.54, 1.807) is 6.92 Å². The van der Waals surface area contributed by atoms with Crippen LogP contribution >= 0.6 is 15.9 Å². The van der Waals surface area contributed by atoms with Gasteiger partial charge in [-0.1, -0.05) is 41.9 Å². The number of halogens is 1. The van der Waals surface area contributed by atoms with Crippen molar-refractivity contribution in [2.45, 2.75) is 32.7 Å². The van der Waals surface area contributed by atoms with E-state index in [0.717, 1.165) is 29.5 Å². The molecule has 0 aliphatic carbocycles. The van der Waals surface area contributed by atoms with Crippen LogP contribution in [0.1, 0.15) is 32.8 Å². The lowest BCUT2D eigenvalue weighted by atomic mass is 9.91. The van der Waals surface area contributed by atoms with E-state index in [4.69, 9.17) is 5.73 Å². The van der Waals surface area contributed by atoms with Crippen molar-refractivity contribution in [3.8, 4) is 0 Å². The molecule has 19 heavy (non-hydrogen) atoms. The minimum Gasteiger partial charge on any atom is -0.340 e. The lowest BCUT2D eigenvalue weighted by molar-refractivity contribution is -0.136. The van der Waals surface area contributed by atoms with E-state index in [-0.39, 0.29) is 11.3 Å². The molecule has 2 N–H and O–H groups in total. The van der Waals surface area contributed by atoms with E-state index < -0.39 is 5.54 Å². The first-order valence-electron chi connectivity index (χ1n) is 6.57. The van der Waals surface area contributed by atoms with Gasteiger partial charge in [0.05, 0.1) is 0 Å². The Bertz CT molecular complexity index is 479. The summed E-state index contributed by atoms with van der Waals surface area (Å²) in [6.45, 7) is 7.76. The third-order valence-corrected chi connectivity index (χ3v) is 4.38. The van der Waals surface area contributed by atoms with Crippen molar-refractivity contribution >= 4 is 21.8 Å². The van der Waals surface area contributed by atoms with Gasteiger partial charge in [0.25, 0.3) is 0 Å². The van der Waals surface area contributed by atoms with Crippen molar-refractivity contribution in [3.05, 3.63) is 34.3 Å². The largest absolute Gasteiger partial charge is 0.340 e. The number of rotatable bonds is 2. The number of nitrogens with zero attached hydrogens (tertiary/aromatic N) is 1. The molecule has 1 heterocycles. The lowest BCUT2D eigenvalue weighted by Gasteiger charge is -2.30. The number of benzene rings is 1. The molecule has 4 heteroatoms. The van der Waals surface area contributed by atoms with E-state index >= 15 is 0 Å². The Hall–Kier alpha value is -0.870. The van der Waals surface area contributed by atoms with Crippen LogP contribution in [0.5, 0.6) is 0 Å². The van der Waals surface area contributed by atoms with Gasteiger partial charge in [0.15, 0.2) is 0 Å². The molecule has 1 aromatic rings. The summed E-state index contributed by atoms with van der Waals surface area (Å²) in [5.41, 5.74) is 6.39. The van der Waals surface area contributed by atoms with Gasteiger partial charge in [0.1, 0.15) is 5.54 Å². The Morgan fingerprint density at radius 1 is 1.37 bits per heavy atom. The van der Waals surface area contributed by atoms with Gasteiger partial charge >= 0.3 is 0 Å². The first-order valence-corrected chi connectivity index (χ1v) is 7.36. The number of hydrogen-bond acceptors (Lipinski definition) is 2. The molecule has 1 saturated heterocycles. The Labute approximate surface area is 123 Å². The summed E-state index contributed by atoms with van der Waals surface area (Å²) < 4.78 is 0.988. The molecule has 1 aliphatic rings. The number of carbonyl (C=O) groups is 1. The zero-order valence-electron chi connectivity index (χ0n) is 11.7. The smallest absolute Gasteiger partial charge is 0.246 e. The second kappa shape index (κ2) is 4.91. The van der Waals surface area contributed by atoms with Gasteiger partial charge in [-0.05, 0) is 36.5 Å². The van der Waals surface area contributed by atoms with Crippen molar-refractivity contribution in [3.63, 3.8) is 0 Å².